The number of aliphatic hydroxyl groups excluding tert-OH is 1. The predicted octanol–water partition coefficient (Wildman–Crippen LogP) is 4.43. The minimum Gasteiger partial charge on any atom is -0.490 e. The van der Waals surface area contributed by atoms with E-state index in [-0.39, 0.29) is 18.4 Å². The van der Waals surface area contributed by atoms with E-state index >= 15 is 0 Å². The van der Waals surface area contributed by atoms with Gasteiger partial charge in [-0.15, -0.1) is 0 Å². The minimum absolute atomic E-state index is 0.139. The molecular formula is C26H30FNO4. The molecule has 5 nitrogen and oxygen atoms in total. The summed E-state index contributed by atoms with van der Waals surface area (Å²) in [5, 5.41) is 10.5. The highest BCUT2D eigenvalue weighted by Gasteiger charge is 2.23. The third-order valence-electron chi connectivity index (χ3n) is 6.21. The van der Waals surface area contributed by atoms with Gasteiger partial charge in [-0.2, -0.15) is 0 Å². The van der Waals surface area contributed by atoms with Crippen molar-refractivity contribution in [2.75, 3.05) is 26.2 Å². The van der Waals surface area contributed by atoms with Gasteiger partial charge in [0, 0.05) is 18.5 Å². The Morgan fingerprint density at radius 1 is 1.22 bits per heavy atom. The highest BCUT2D eigenvalue weighted by atomic mass is 19.1. The molecule has 2 aliphatic rings. The molecule has 0 amide bonds. The Bertz CT molecular complexity index is 982. The number of aryl methyl sites for hydroxylation is 1. The topological polar surface area (TPSA) is 59.0 Å². The fourth-order valence-corrected chi connectivity index (χ4v) is 4.33. The molecule has 0 unspecified atom stereocenters. The number of nitrogens with zero attached hydrogens (tertiary/aromatic N) is 1. The van der Waals surface area contributed by atoms with E-state index in [0.29, 0.717) is 42.4 Å². The van der Waals surface area contributed by atoms with E-state index in [0.717, 1.165) is 37.1 Å². The molecule has 32 heavy (non-hydrogen) atoms. The lowest BCUT2D eigenvalue weighted by molar-refractivity contribution is -0.135. The van der Waals surface area contributed by atoms with Crippen LogP contribution in [-0.4, -0.2) is 48.3 Å². The fraction of sp³-hybridized carbons (Fsp3) is 0.423. The normalized spacial score (nSPS) is 19.8. The summed E-state index contributed by atoms with van der Waals surface area (Å²) in [6.07, 6.45) is 4.11. The molecule has 1 atom stereocenters. The van der Waals surface area contributed by atoms with Crippen LogP contribution in [0.4, 0.5) is 4.39 Å². The van der Waals surface area contributed by atoms with Crippen molar-refractivity contribution in [3.8, 4) is 5.75 Å². The summed E-state index contributed by atoms with van der Waals surface area (Å²) in [4.78, 5) is 13.6. The summed E-state index contributed by atoms with van der Waals surface area (Å²) in [6.45, 7) is 4.24. The number of allylic oxidation sites excluding steroid dienone is 1. The van der Waals surface area contributed by atoms with Crippen LogP contribution in [0.2, 0.25) is 0 Å². The summed E-state index contributed by atoms with van der Waals surface area (Å²) in [5.74, 6) is 1.31. The second-order valence-corrected chi connectivity index (χ2v) is 8.67. The number of carbonyl (C=O) groups is 1. The quantitative estimate of drug-likeness (QED) is 0.647. The number of piperidine rings is 1. The lowest BCUT2D eigenvalue weighted by Crippen LogP contribution is -2.40. The molecule has 2 fully saturated rings. The van der Waals surface area contributed by atoms with E-state index in [9.17, 15) is 14.3 Å². The Morgan fingerprint density at radius 3 is 2.72 bits per heavy atom. The highest BCUT2D eigenvalue weighted by Crippen LogP contribution is 2.29. The Balaban J connectivity index is 1.26. The predicted molar refractivity (Wildman–Crippen MR) is 121 cm³/mol. The van der Waals surface area contributed by atoms with Crippen molar-refractivity contribution in [3.63, 3.8) is 0 Å². The lowest BCUT2D eigenvalue weighted by Gasteiger charge is -2.33. The van der Waals surface area contributed by atoms with Crippen molar-refractivity contribution >= 4 is 12.0 Å². The average molecular weight is 440 g/mol. The first-order chi connectivity index (χ1) is 15.5. The van der Waals surface area contributed by atoms with Crippen LogP contribution in [0, 0.1) is 12.7 Å². The van der Waals surface area contributed by atoms with Crippen LogP contribution >= 0.6 is 0 Å². The summed E-state index contributed by atoms with van der Waals surface area (Å²) in [7, 11) is 0. The van der Waals surface area contributed by atoms with Crippen molar-refractivity contribution in [2.45, 2.75) is 44.6 Å². The van der Waals surface area contributed by atoms with Crippen LogP contribution in [0.3, 0.4) is 0 Å². The Hall–Kier alpha value is -2.70. The van der Waals surface area contributed by atoms with Gasteiger partial charge in [-0.1, -0.05) is 30.3 Å². The largest absolute Gasteiger partial charge is 0.490 e. The first-order valence-corrected chi connectivity index (χ1v) is 11.3. The number of hydrogen-bond donors (Lipinski definition) is 1. The van der Waals surface area contributed by atoms with Gasteiger partial charge in [0.15, 0.2) is 0 Å². The highest BCUT2D eigenvalue weighted by molar-refractivity contribution is 5.75. The smallest absolute Gasteiger partial charge is 0.311 e. The number of aliphatic hydroxyl groups is 1. The molecule has 2 saturated heterocycles. The zero-order chi connectivity index (χ0) is 22.5. The molecule has 0 bridgehead atoms. The van der Waals surface area contributed by atoms with Gasteiger partial charge in [-0.25, -0.2) is 4.39 Å². The number of ether oxygens (including phenoxy) is 2. The molecule has 2 aromatic rings. The first kappa shape index (κ1) is 22.5. The Morgan fingerprint density at radius 2 is 2.00 bits per heavy atom. The standard InChI is InChI=1S/C26H30FNO4/c1-18-6-7-20(15-24(18)27)19-10-12-28(13-11-19)16-22(29)17-31-25-5-3-2-4-21(25)14-23-8-9-26(30)32-23/h2-7,14-15,19,22,29H,8-13,16-17H2,1H3/t22-/m0/s1. The van der Waals surface area contributed by atoms with Crippen LogP contribution in [0.1, 0.15) is 48.3 Å². The number of hydrogen-bond acceptors (Lipinski definition) is 5. The average Bonchev–Trinajstić information content (AvgIpc) is 3.20. The van der Waals surface area contributed by atoms with Crippen molar-refractivity contribution in [2.24, 2.45) is 0 Å². The van der Waals surface area contributed by atoms with Crippen molar-refractivity contribution in [1.82, 2.24) is 4.90 Å². The van der Waals surface area contributed by atoms with E-state index in [1.165, 1.54) is 0 Å². The number of esters is 1. The van der Waals surface area contributed by atoms with Crippen LogP contribution < -0.4 is 4.74 Å². The van der Waals surface area contributed by atoms with Gasteiger partial charge in [0.25, 0.3) is 0 Å². The number of cyclic esters (lactones) is 1. The van der Waals surface area contributed by atoms with Crippen LogP contribution in [0.25, 0.3) is 6.08 Å². The summed E-state index contributed by atoms with van der Waals surface area (Å²) in [6, 6.07) is 13.1. The van der Waals surface area contributed by atoms with Crippen molar-refractivity contribution < 1.29 is 23.8 Å². The fourth-order valence-electron chi connectivity index (χ4n) is 4.33. The molecule has 2 aliphatic heterocycles. The summed E-state index contributed by atoms with van der Waals surface area (Å²) >= 11 is 0. The van der Waals surface area contributed by atoms with Crippen LogP contribution in [0.15, 0.2) is 48.2 Å². The van der Waals surface area contributed by atoms with Gasteiger partial charge in [0.2, 0.25) is 0 Å². The maximum absolute atomic E-state index is 13.9. The summed E-state index contributed by atoms with van der Waals surface area (Å²) in [5.41, 5.74) is 2.57. The molecule has 6 heteroatoms. The number of halogens is 1. The molecule has 1 N–H and O–H groups in total. The van der Waals surface area contributed by atoms with Gasteiger partial charge < -0.3 is 19.5 Å². The van der Waals surface area contributed by atoms with Gasteiger partial charge in [0.05, 0.1) is 6.42 Å². The van der Waals surface area contributed by atoms with E-state index in [1.54, 1.807) is 13.0 Å². The van der Waals surface area contributed by atoms with E-state index in [4.69, 9.17) is 9.47 Å². The van der Waals surface area contributed by atoms with Crippen molar-refractivity contribution in [1.29, 1.82) is 0 Å². The third-order valence-corrected chi connectivity index (χ3v) is 6.21. The van der Waals surface area contributed by atoms with Crippen LogP contribution in [0.5, 0.6) is 5.75 Å². The minimum atomic E-state index is -0.617. The second kappa shape index (κ2) is 10.3. The van der Waals surface area contributed by atoms with Crippen LogP contribution in [-0.2, 0) is 9.53 Å². The third kappa shape index (κ3) is 5.75. The van der Waals surface area contributed by atoms with Gasteiger partial charge >= 0.3 is 5.97 Å². The number of β-amino-alcohol motifs (C(OH)–C–C–N with tert-alkyl or cyclic N) is 1. The van der Waals surface area contributed by atoms with E-state index in [2.05, 4.69) is 4.90 Å². The van der Waals surface area contributed by atoms with E-state index < -0.39 is 6.10 Å². The zero-order valence-electron chi connectivity index (χ0n) is 18.4. The number of para-hydroxylation sites is 1. The zero-order valence-corrected chi connectivity index (χ0v) is 18.4. The first-order valence-electron chi connectivity index (χ1n) is 11.3. The molecular weight excluding hydrogens is 409 g/mol. The second-order valence-electron chi connectivity index (χ2n) is 8.67. The molecule has 0 aliphatic carbocycles. The van der Waals surface area contributed by atoms with Gasteiger partial charge in [-0.05, 0) is 68.1 Å². The molecule has 0 aromatic heterocycles. The Kier molecular flexibility index (Phi) is 7.22. The molecule has 4 rings (SSSR count). The molecule has 2 aromatic carbocycles. The van der Waals surface area contributed by atoms with E-state index in [1.807, 2.05) is 42.5 Å². The summed E-state index contributed by atoms with van der Waals surface area (Å²) < 4.78 is 25.0. The molecule has 2 heterocycles. The number of likely N-dealkylation sites (tertiary alicyclic amines) is 1. The number of benzene rings is 2. The lowest BCUT2D eigenvalue weighted by atomic mass is 9.89. The molecule has 0 spiro atoms. The molecule has 170 valence electrons. The van der Waals surface area contributed by atoms with Gasteiger partial charge in [-0.3, -0.25) is 4.79 Å². The van der Waals surface area contributed by atoms with Crippen molar-refractivity contribution in [3.05, 3.63) is 70.7 Å². The Labute approximate surface area is 188 Å². The monoisotopic (exact) mass is 439 g/mol. The SMILES string of the molecule is Cc1ccc(C2CCN(C[C@H](O)COc3ccccc3C=C3CCC(=O)O3)CC2)cc1F. The maximum Gasteiger partial charge on any atom is 0.311 e. The number of rotatable bonds is 7. The molecule has 0 radical (unpaired) electrons. The molecule has 0 saturated carbocycles. The van der Waals surface area contributed by atoms with Gasteiger partial charge in [0.1, 0.15) is 30.0 Å². The maximum atomic E-state index is 13.9. The number of carbonyl (C=O) groups excluding carboxylic acids is 1.